The highest BCUT2D eigenvalue weighted by Crippen LogP contribution is 2.16. The van der Waals surface area contributed by atoms with Crippen molar-refractivity contribution >= 4 is 32.9 Å². The van der Waals surface area contributed by atoms with E-state index in [1.807, 2.05) is 30.3 Å². The van der Waals surface area contributed by atoms with Gasteiger partial charge in [-0.3, -0.25) is 18.7 Å². The normalized spacial score (nSPS) is 11.2. The van der Waals surface area contributed by atoms with Gasteiger partial charge in [0.1, 0.15) is 5.78 Å². The molecule has 2 heterocycles. The first kappa shape index (κ1) is 18.3. The Kier molecular flexibility index (Phi) is 5.22. The van der Waals surface area contributed by atoms with Gasteiger partial charge in [0.15, 0.2) is 15.9 Å². The number of imidazole rings is 1. The Morgan fingerprint density at radius 1 is 1.15 bits per heavy atom. The summed E-state index contributed by atoms with van der Waals surface area (Å²) < 4.78 is 4.43. The molecule has 3 aromatic rings. The summed E-state index contributed by atoms with van der Waals surface area (Å²) in [6.45, 7) is 1.77. The highest BCUT2D eigenvalue weighted by atomic mass is 79.9. The van der Waals surface area contributed by atoms with E-state index in [-0.39, 0.29) is 23.5 Å². The van der Waals surface area contributed by atoms with Crippen molar-refractivity contribution in [1.82, 2.24) is 18.7 Å². The number of Topliss-reactive ketones (excluding diaryl/α,β-unsaturated/α-hetero) is 1. The van der Waals surface area contributed by atoms with E-state index in [4.69, 9.17) is 0 Å². The van der Waals surface area contributed by atoms with Gasteiger partial charge in [0, 0.05) is 13.6 Å². The Morgan fingerprint density at radius 3 is 2.50 bits per heavy atom. The molecule has 0 atom stereocenters. The lowest BCUT2D eigenvalue weighted by Crippen LogP contribution is -2.40. The molecule has 136 valence electrons. The van der Waals surface area contributed by atoms with Gasteiger partial charge in [0.25, 0.3) is 5.56 Å². The van der Waals surface area contributed by atoms with E-state index >= 15 is 0 Å². The van der Waals surface area contributed by atoms with Crippen LogP contribution < -0.4 is 11.2 Å². The molecular formula is C18H19BrN4O3. The Balaban J connectivity index is 2.01. The molecule has 3 rings (SSSR count). The highest BCUT2D eigenvalue weighted by Gasteiger charge is 2.19. The summed E-state index contributed by atoms with van der Waals surface area (Å²) in [5.74, 6) is -0.103. The molecule has 0 aliphatic rings. The highest BCUT2D eigenvalue weighted by molar-refractivity contribution is 9.10. The molecule has 0 N–H and O–H groups in total. The molecule has 1 aromatic carbocycles. The second kappa shape index (κ2) is 7.41. The number of rotatable bonds is 6. The minimum absolute atomic E-state index is 0.0224. The first-order valence-electron chi connectivity index (χ1n) is 8.29. The molecule has 0 saturated heterocycles. The van der Waals surface area contributed by atoms with Gasteiger partial charge in [-0.1, -0.05) is 30.3 Å². The second-order valence-electron chi connectivity index (χ2n) is 6.23. The van der Waals surface area contributed by atoms with Gasteiger partial charge in [-0.2, -0.15) is 0 Å². The molecule has 7 nitrogen and oxygen atoms in total. The molecule has 26 heavy (non-hydrogen) atoms. The van der Waals surface area contributed by atoms with E-state index < -0.39 is 11.2 Å². The van der Waals surface area contributed by atoms with E-state index in [0.717, 1.165) is 12.0 Å². The smallest absolute Gasteiger partial charge is 0.305 e. The van der Waals surface area contributed by atoms with Crippen molar-refractivity contribution in [3.05, 3.63) is 61.5 Å². The fraction of sp³-hybridized carbons (Fsp3) is 0.333. The predicted molar refractivity (Wildman–Crippen MR) is 102 cm³/mol. The van der Waals surface area contributed by atoms with E-state index in [9.17, 15) is 14.4 Å². The van der Waals surface area contributed by atoms with Crippen molar-refractivity contribution in [2.24, 2.45) is 7.05 Å². The molecule has 0 radical (unpaired) electrons. The van der Waals surface area contributed by atoms with Crippen molar-refractivity contribution in [3.63, 3.8) is 0 Å². The molecule has 0 aliphatic heterocycles. The molecule has 0 fully saturated rings. The van der Waals surface area contributed by atoms with Crippen LogP contribution in [0.3, 0.4) is 0 Å². The third-order valence-corrected chi connectivity index (χ3v) is 4.86. The number of aryl methyl sites for hydroxylation is 2. The number of halogens is 1. The van der Waals surface area contributed by atoms with Crippen LogP contribution in [0.15, 0.2) is 44.7 Å². The maximum atomic E-state index is 12.9. The van der Waals surface area contributed by atoms with Crippen LogP contribution in [0.1, 0.15) is 18.9 Å². The number of aromatic nitrogens is 4. The van der Waals surface area contributed by atoms with Gasteiger partial charge >= 0.3 is 5.69 Å². The van der Waals surface area contributed by atoms with Crippen LogP contribution in [0.25, 0.3) is 11.2 Å². The van der Waals surface area contributed by atoms with Gasteiger partial charge in [0.05, 0.1) is 6.54 Å². The van der Waals surface area contributed by atoms with Gasteiger partial charge < -0.3 is 4.57 Å². The standard InChI is InChI=1S/C18H19BrN4O3/c1-12(24)11-23-14-15(20-17(23)19)21(2)18(26)22(16(14)25)10-6-9-13-7-4-3-5-8-13/h3-5,7-8H,6,9-11H2,1-2H3. The second-order valence-corrected chi connectivity index (χ2v) is 6.94. The summed E-state index contributed by atoms with van der Waals surface area (Å²) >= 11 is 3.27. The molecule has 0 amide bonds. The predicted octanol–water partition coefficient (Wildman–Crippen LogP) is 1.88. The minimum Gasteiger partial charge on any atom is -0.305 e. The molecule has 0 aliphatic carbocycles. The Bertz CT molecular complexity index is 1080. The molecule has 8 heteroatoms. The van der Waals surface area contributed by atoms with E-state index in [1.165, 1.54) is 20.6 Å². The van der Waals surface area contributed by atoms with Crippen LogP contribution in [0.5, 0.6) is 0 Å². The van der Waals surface area contributed by atoms with Crippen LogP contribution in [0.4, 0.5) is 0 Å². The van der Waals surface area contributed by atoms with Gasteiger partial charge in [-0.15, -0.1) is 0 Å². The van der Waals surface area contributed by atoms with E-state index in [1.54, 1.807) is 7.05 Å². The maximum Gasteiger partial charge on any atom is 0.332 e. The summed E-state index contributed by atoms with van der Waals surface area (Å²) in [7, 11) is 1.58. The van der Waals surface area contributed by atoms with Crippen molar-refractivity contribution in [1.29, 1.82) is 0 Å². The fourth-order valence-electron chi connectivity index (χ4n) is 3.00. The zero-order valence-electron chi connectivity index (χ0n) is 14.6. The molecule has 0 bridgehead atoms. The minimum atomic E-state index is -0.421. The van der Waals surface area contributed by atoms with Crippen molar-refractivity contribution < 1.29 is 4.79 Å². The van der Waals surface area contributed by atoms with E-state index in [0.29, 0.717) is 17.7 Å². The average Bonchev–Trinajstić information content (AvgIpc) is 2.93. The lowest BCUT2D eigenvalue weighted by atomic mass is 10.1. The van der Waals surface area contributed by atoms with Gasteiger partial charge in [-0.25, -0.2) is 9.78 Å². The largest absolute Gasteiger partial charge is 0.332 e. The molecule has 2 aromatic heterocycles. The summed E-state index contributed by atoms with van der Waals surface area (Å²) in [6.07, 6.45) is 1.43. The van der Waals surface area contributed by atoms with Crippen molar-refractivity contribution in [2.75, 3.05) is 0 Å². The van der Waals surface area contributed by atoms with Crippen LogP contribution in [-0.2, 0) is 31.4 Å². The third-order valence-electron chi connectivity index (χ3n) is 4.26. The lowest BCUT2D eigenvalue weighted by molar-refractivity contribution is -0.117. The SMILES string of the molecule is CC(=O)Cn1c(Br)nc2c1c(=O)n(CCCc1ccccc1)c(=O)n2C. The summed E-state index contributed by atoms with van der Waals surface area (Å²) in [4.78, 5) is 41.3. The van der Waals surface area contributed by atoms with Crippen LogP contribution >= 0.6 is 15.9 Å². The number of hydrogen-bond acceptors (Lipinski definition) is 4. The van der Waals surface area contributed by atoms with Gasteiger partial charge in [-0.05, 0) is 41.3 Å². The zero-order chi connectivity index (χ0) is 18.8. The average molecular weight is 419 g/mol. The maximum absolute atomic E-state index is 12.9. The van der Waals surface area contributed by atoms with Crippen molar-refractivity contribution in [2.45, 2.75) is 32.9 Å². The monoisotopic (exact) mass is 418 g/mol. The topological polar surface area (TPSA) is 78.9 Å². The number of carbonyl (C=O) groups is 1. The molecule has 0 saturated carbocycles. The summed E-state index contributed by atoms with van der Waals surface area (Å²) in [6, 6.07) is 9.91. The van der Waals surface area contributed by atoms with Crippen LogP contribution in [-0.4, -0.2) is 24.5 Å². The molecule has 0 spiro atoms. The quantitative estimate of drug-likeness (QED) is 0.572. The number of carbonyl (C=O) groups excluding carboxylic acids is 1. The van der Waals surface area contributed by atoms with E-state index in [2.05, 4.69) is 20.9 Å². The first-order chi connectivity index (χ1) is 12.4. The number of benzene rings is 1. The molecule has 0 unspecified atom stereocenters. The molecular weight excluding hydrogens is 400 g/mol. The first-order valence-corrected chi connectivity index (χ1v) is 9.08. The van der Waals surface area contributed by atoms with Crippen LogP contribution in [0, 0.1) is 0 Å². The Morgan fingerprint density at radius 2 is 1.85 bits per heavy atom. The third kappa shape index (κ3) is 3.41. The lowest BCUT2D eigenvalue weighted by Gasteiger charge is -2.09. The Labute approximate surface area is 158 Å². The number of ketones is 1. The summed E-state index contributed by atoms with van der Waals surface area (Å²) in [5, 5.41) is 0. The van der Waals surface area contributed by atoms with Gasteiger partial charge in [0.2, 0.25) is 0 Å². The number of fused-ring (bicyclic) bond motifs is 1. The zero-order valence-corrected chi connectivity index (χ0v) is 16.2. The Hall–Kier alpha value is -2.48. The summed E-state index contributed by atoms with van der Waals surface area (Å²) in [5.41, 5.74) is 0.857. The number of hydrogen-bond donors (Lipinski definition) is 0. The van der Waals surface area contributed by atoms with Crippen LogP contribution in [0.2, 0.25) is 0 Å². The van der Waals surface area contributed by atoms with Crippen molar-refractivity contribution in [3.8, 4) is 0 Å². The number of nitrogens with zero attached hydrogens (tertiary/aromatic N) is 4. The fourth-order valence-corrected chi connectivity index (χ4v) is 3.47.